The molecule has 3 atom stereocenters. The highest BCUT2D eigenvalue weighted by Gasteiger charge is 2.42. The van der Waals surface area contributed by atoms with E-state index < -0.39 is 47.4 Å². The Morgan fingerprint density at radius 2 is 1.70 bits per heavy atom. The van der Waals surface area contributed by atoms with Gasteiger partial charge in [0.25, 0.3) is 0 Å². The van der Waals surface area contributed by atoms with Crippen molar-refractivity contribution < 1.29 is 42.9 Å². The summed E-state index contributed by atoms with van der Waals surface area (Å²) in [4.78, 5) is 50.8. The number of carbonyl (C=O) groups is 4. The number of nitrogens with one attached hydrogen (secondary N) is 1. The molecule has 244 valence electrons. The average Bonchev–Trinajstić information content (AvgIpc) is 3.52. The molecule has 0 radical (unpaired) electrons. The number of amides is 2. The summed E-state index contributed by atoms with van der Waals surface area (Å²) in [5.41, 5.74) is -0.725. The fourth-order valence-electron chi connectivity index (χ4n) is 4.27. The molecule has 14 heteroatoms. The van der Waals surface area contributed by atoms with E-state index in [0.717, 1.165) is 12.8 Å². The minimum absolute atomic E-state index is 0.151. The molecule has 0 saturated carbocycles. The lowest BCUT2D eigenvalue weighted by atomic mass is 10.0. The molecule has 2 heterocycles. The molecular formula is C29H49N5O9. The highest BCUT2D eigenvalue weighted by molar-refractivity contribution is 5.82. The van der Waals surface area contributed by atoms with E-state index in [2.05, 4.69) is 15.6 Å². The zero-order valence-electron chi connectivity index (χ0n) is 27.0. The van der Waals surface area contributed by atoms with Gasteiger partial charge in [0.05, 0.1) is 39.2 Å². The number of methoxy groups -OCH3 is 1. The third-order valence-corrected chi connectivity index (χ3v) is 6.28. The predicted molar refractivity (Wildman–Crippen MR) is 155 cm³/mol. The molecule has 0 unspecified atom stereocenters. The quantitative estimate of drug-likeness (QED) is 0.197. The van der Waals surface area contributed by atoms with E-state index in [9.17, 15) is 19.2 Å². The van der Waals surface area contributed by atoms with Crippen molar-refractivity contribution in [3.05, 3.63) is 11.9 Å². The monoisotopic (exact) mass is 611 g/mol. The number of aryl methyl sites for hydroxylation is 1. The van der Waals surface area contributed by atoms with Gasteiger partial charge in [0, 0.05) is 13.0 Å². The van der Waals surface area contributed by atoms with Crippen molar-refractivity contribution >= 4 is 24.1 Å². The molecule has 2 rings (SSSR count). The maximum atomic E-state index is 12.6. The average molecular weight is 612 g/mol. The van der Waals surface area contributed by atoms with Gasteiger partial charge in [-0.25, -0.2) is 19.2 Å². The van der Waals surface area contributed by atoms with Crippen molar-refractivity contribution in [1.29, 1.82) is 0 Å². The molecule has 0 aromatic carbocycles. The van der Waals surface area contributed by atoms with Crippen molar-refractivity contribution in [2.24, 2.45) is 5.92 Å². The molecule has 0 aliphatic carbocycles. The highest BCUT2D eigenvalue weighted by atomic mass is 16.6. The van der Waals surface area contributed by atoms with Crippen LogP contribution in [0.25, 0.3) is 0 Å². The van der Waals surface area contributed by atoms with Gasteiger partial charge >= 0.3 is 24.1 Å². The van der Waals surface area contributed by atoms with Gasteiger partial charge in [0.1, 0.15) is 29.0 Å². The largest absolute Gasteiger partial charge is 0.467 e. The van der Waals surface area contributed by atoms with Gasteiger partial charge < -0.3 is 29.0 Å². The third-order valence-electron chi connectivity index (χ3n) is 6.28. The van der Waals surface area contributed by atoms with Crippen LogP contribution in [-0.2, 0) is 46.4 Å². The number of likely N-dealkylation sites (tertiary alicyclic amines) is 1. The zero-order chi connectivity index (χ0) is 32.4. The van der Waals surface area contributed by atoms with Crippen molar-refractivity contribution in [2.75, 3.05) is 20.3 Å². The number of rotatable bonds is 13. The lowest BCUT2D eigenvalue weighted by Gasteiger charge is -2.27. The van der Waals surface area contributed by atoms with Crippen LogP contribution in [-0.4, -0.2) is 93.7 Å². The summed E-state index contributed by atoms with van der Waals surface area (Å²) in [5.74, 6) is -1.16. The first-order chi connectivity index (χ1) is 20.0. The van der Waals surface area contributed by atoms with Crippen LogP contribution in [0.4, 0.5) is 9.59 Å². The Bertz CT molecular complexity index is 1080. The number of hydrogen-bond donors (Lipinski definition) is 1. The number of ether oxygens (including phenoxy) is 5. The van der Waals surface area contributed by atoms with Gasteiger partial charge in [-0.05, 0) is 66.7 Å². The molecule has 2 amide bonds. The minimum Gasteiger partial charge on any atom is -0.467 e. The van der Waals surface area contributed by atoms with E-state index in [1.54, 1.807) is 52.4 Å². The molecular weight excluding hydrogens is 562 g/mol. The molecule has 1 aliphatic heterocycles. The number of unbranched alkanes of at least 4 members (excludes halogenated alkanes) is 2. The Morgan fingerprint density at radius 1 is 1.02 bits per heavy atom. The van der Waals surface area contributed by atoms with Crippen LogP contribution in [0, 0.1) is 5.92 Å². The van der Waals surface area contributed by atoms with Crippen molar-refractivity contribution in [1.82, 2.24) is 25.2 Å². The molecule has 0 spiro atoms. The summed E-state index contributed by atoms with van der Waals surface area (Å²) in [7, 11) is 1.28. The van der Waals surface area contributed by atoms with E-state index in [1.807, 2.05) is 13.8 Å². The molecule has 0 bridgehead atoms. The standard InChI is InChI=1S/C29H49N5O9/c1-19(2)23(25(36)42-28(3,4)5)30-26(37)40-14-12-10-11-13-33-16-20(31-32-33)18-41-21-15-22(24(35)39-9)34(17-21)27(38)43-29(6,7)8/h16,19,21-23H,10-15,17-18H2,1-9H3,(H,30,37)/t21-,22+,23+/m1/s1. The lowest BCUT2D eigenvalue weighted by Crippen LogP contribution is -2.47. The third kappa shape index (κ3) is 12.8. The van der Waals surface area contributed by atoms with Crippen molar-refractivity contribution in [3.8, 4) is 0 Å². The highest BCUT2D eigenvalue weighted by Crippen LogP contribution is 2.25. The molecule has 1 aromatic heterocycles. The fraction of sp³-hybridized carbons (Fsp3) is 0.793. The second-order valence-corrected chi connectivity index (χ2v) is 12.9. The first-order valence-electron chi connectivity index (χ1n) is 14.7. The summed E-state index contributed by atoms with van der Waals surface area (Å²) in [6.07, 6.45) is 2.66. The Labute approximate surface area is 254 Å². The Hall–Kier alpha value is -3.42. The van der Waals surface area contributed by atoms with Crippen LogP contribution < -0.4 is 5.32 Å². The van der Waals surface area contributed by atoms with Gasteiger partial charge in [-0.15, -0.1) is 5.10 Å². The number of carbonyl (C=O) groups excluding carboxylic acids is 4. The van der Waals surface area contributed by atoms with Gasteiger partial charge in [-0.3, -0.25) is 9.58 Å². The van der Waals surface area contributed by atoms with Crippen LogP contribution in [0.15, 0.2) is 6.20 Å². The fourth-order valence-corrected chi connectivity index (χ4v) is 4.27. The minimum atomic E-state index is -0.788. The van der Waals surface area contributed by atoms with E-state index in [0.29, 0.717) is 25.1 Å². The molecule has 1 saturated heterocycles. The van der Waals surface area contributed by atoms with Crippen LogP contribution in [0.3, 0.4) is 0 Å². The zero-order valence-corrected chi connectivity index (χ0v) is 27.0. The second-order valence-electron chi connectivity index (χ2n) is 12.9. The first kappa shape index (κ1) is 35.8. The maximum absolute atomic E-state index is 12.6. The predicted octanol–water partition coefficient (Wildman–Crippen LogP) is 3.61. The first-order valence-corrected chi connectivity index (χ1v) is 14.7. The number of hydrogen-bond acceptors (Lipinski definition) is 11. The molecule has 1 aromatic rings. The lowest BCUT2D eigenvalue weighted by molar-refractivity contribution is -0.158. The normalized spacial score (nSPS) is 17.9. The Morgan fingerprint density at radius 3 is 2.30 bits per heavy atom. The second kappa shape index (κ2) is 15.9. The van der Waals surface area contributed by atoms with Crippen molar-refractivity contribution in [3.63, 3.8) is 0 Å². The molecule has 1 fully saturated rings. The van der Waals surface area contributed by atoms with Crippen LogP contribution in [0.1, 0.15) is 86.8 Å². The SMILES string of the molecule is COC(=O)[C@@H]1C[C@@H](OCc2cn(CCCCCOC(=O)N[C@H](C(=O)OC(C)(C)C)C(C)C)nn2)CN1C(=O)OC(C)(C)C. The molecule has 1 aliphatic rings. The summed E-state index contributed by atoms with van der Waals surface area (Å²) in [6.45, 7) is 15.5. The number of esters is 2. The van der Waals surface area contributed by atoms with Crippen LogP contribution in [0.5, 0.6) is 0 Å². The van der Waals surface area contributed by atoms with E-state index in [4.69, 9.17) is 23.7 Å². The van der Waals surface area contributed by atoms with Crippen LogP contribution >= 0.6 is 0 Å². The summed E-state index contributed by atoms with van der Waals surface area (Å²) >= 11 is 0. The summed E-state index contributed by atoms with van der Waals surface area (Å²) in [6, 6.07) is -1.57. The Balaban J connectivity index is 1.71. The smallest absolute Gasteiger partial charge is 0.411 e. The van der Waals surface area contributed by atoms with E-state index in [-0.39, 0.29) is 31.8 Å². The number of nitrogens with zero attached hydrogens (tertiary/aromatic N) is 4. The number of alkyl carbamates (subject to hydrolysis) is 1. The van der Waals surface area contributed by atoms with Crippen LogP contribution in [0.2, 0.25) is 0 Å². The topological polar surface area (TPSA) is 160 Å². The van der Waals surface area contributed by atoms with Gasteiger partial charge in [-0.1, -0.05) is 19.1 Å². The number of aromatic nitrogens is 3. The van der Waals surface area contributed by atoms with Crippen molar-refractivity contribution in [2.45, 2.75) is 124 Å². The van der Waals surface area contributed by atoms with Gasteiger partial charge in [0.2, 0.25) is 0 Å². The molecule has 14 nitrogen and oxygen atoms in total. The maximum Gasteiger partial charge on any atom is 0.411 e. The Kier molecular flexibility index (Phi) is 13.2. The van der Waals surface area contributed by atoms with Gasteiger partial charge in [-0.2, -0.15) is 0 Å². The summed E-state index contributed by atoms with van der Waals surface area (Å²) in [5, 5.41) is 10.9. The van der Waals surface area contributed by atoms with E-state index >= 15 is 0 Å². The molecule has 1 N–H and O–H groups in total. The van der Waals surface area contributed by atoms with E-state index in [1.165, 1.54) is 12.0 Å². The summed E-state index contributed by atoms with van der Waals surface area (Å²) < 4.78 is 28.6. The molecule has 43 heavy (non-hydrogen) atoms. The van der Waals surface area contributed by atoms with Gasteiger partial charge in [0.15, 0.2) is 0 Å².